The molecule has 0 spiro atoms. The highest BCUT2D eigenvalue weighted by molar-refractivity contribution is 4.74. The SMILES string of the molecule is CC1CCCC(NCC(O)COC(C)C)CC1. The third-order valence-electron chi connectivity index (χ3n) is 3.52. The molecule has 0 saturated heterocycles. The minimum absolute atomic E-state index is 0.198. The molecule has 0 heterocycles. The molecule has 0 aliphatic heterocycles. The van der Waals surface area contributed by atoms with Crippen molar-refractivity contribution >= 4 is 0 Å². The largest absolute Gasteiger partial charge is 0.389 e. The summed E-state index contributed by atoms with van der Waals surface area (Å²) in [5.74, 6) is 0.871. The summed E-state index contributed by atoms with van der Waals surface area (Å²) in [4.78, 5) is 0. The van der Waals surface area contributed by atoms with Gasteiger partial charge in [0.05, 0.1) is 18.8 Å². The van der Waals surface area contributed by atoms with E-state index in [-0.39, 0.29) is 12.2 Å². The van der Waals surface area contributed by atoms with Crippen LogP contribution < -0.4 is 5.32 Å². The fourth-order valence-corrected chi connectivity index (χ4v) is 2.36. The van der Waals surface area contributed by atoms with Crippen molar-refractivity contribution in [2.24, 2.45) is 5.92 Å². The maximum Gasteiger partial charge on any atom is 0.0897 e. The van der Waals surface area contributed by atoms with E-state index in [1.807, 2.05) is 13.8 Å². The zero-order valence-electron chi connectivity index (χ0n) is 11.6. The highest BCUT2D eigenvalue weighted by atomic mass is 16.5. The smallest absolute Gasteiger partial charge is 0.0897 e. The number of rotatable bonds is 6. The third kappa shape index (κ3) is 7.02. The van der Waals surface area contributed by atoms with Gasteiger partial charge in [-0.05, 0) is 39.0 Å². The summed E-state index contributed by atoms with van der Waals surface area (Å²) >= 11 is 0. The Kier molecular flexibility index (Phi) is 7.09. The fourth-order valence-electron chi connectivity index (χ4n) is 2.36. The van der Waals surface area contributed by atoms with Gasteiger partial charge in [-0.15, -0.1) is 0 Å². The Bertz CT molecular complexity index is 197. The Hall–Kier alpha value is -0.120. The minimum atomic E-state index is -0.377. The minimum Gasteiger partial charge on any atom is -0.389 e. The van der Waals surface area contributed by atoms with E-state index in [0.717, 1.165) is 5.92 Å². The molecule has 1 saturated carbocycles. The first-order chi connectivity index (χ1) is 8.08. The molecule has 3 unspecified atom stereocenters. The van der Waals surface area contributed by atoms with Crippen molar-refractivity contribution in [3.05, 3.63) is 0 Å². The van der Waals surface area contributed by atoms with E-state index >= 15 is 0 Å². The summed E-state index contributed by atoms with van der Waals surface area (Å²) in [5, 5.41) is 13.2. The van der Waals surface area contributed by atoms with Crippen LogP contribution in [0, 0.1) is 5.92 Å². The van der Waals surface area contributed by atoms with Gasteiger partial charge in [-0.1, -0.05) is 19.8 Å². The van der Waals surface area contributed by atoms with Gasteiger partial charge in [0.25, 0.3) is 0 Å². The van der Waals surface area contributed by atoms with Gasteiger partial charge >= 0.3 is 0 Å². The van der Waals surface area contributed by atoms with Crippen molar-refractivity contribution < 1.29 is 9.84 Å². The highest BCUT2D eigenvalue weighted by Gasteiger charge is 2.16. The monoisotopic (exact) mass is 243 g/mol. The average Bonchev–Trinajstić information content (AvgIpc) is 2.48. The lowest BCUT2D eigenvalue weighted by molar-refractivity contribution is 0.00528. The van der Waals surface area contributed by atoms with Gasteiger partial charge < -0.3 is 15.2 Å². The summed E-state index contributed by atoms with van der Waals surface area (Å²) < 4.78 is 5.40. The Morgan fingerprint density at radius 2 is 2.00 bits per heavy atom. The van der Waals surface area contributed by atoms with Crippen LogP contribution in [0.2, 0.25) is 0 Å². The number of hydrogen-bond donors (Lipinski definition) is 2. The first-order valence-electron chi connectivity index (χ1n) is 7.11. The van der Waals surface area contributed by atoms with Crippen LogP contribution in [0.3, 0.4) is 0 Å². The van der Waals surface area contributed by atoms with Gasteiger partial charge in [0.2, 0.25) is 0 Å². The molecule has 2 N–H and O–H groups in total. The quantitative estimate of drug-likeness (QED) is 0.704. The second-order valence-corrected chi connectivity index (χ2v) is 5.75. The van der Waals surface area contributed by atoms with Crippen molar-refractivity contribution in [2.45, 2.75) is 71.1 Å². The molecule has 0 bridgehead atoms. The van der Waals surface area contributed by atoms with Crippen LogP contribution in [0.25, 0.3) is 0 Å². The van der Waals surface area contributed by atoms with E-state index in [9.17, 15) is 5.11 Å². The maximum atomic E-state index is 9.76. The van der Waals surface area contributed by atoms with Gasteiger partial charge in [-0.2, -0.15) is 0 Å². The Morgan fingerprint density at radius 1 is 1.24 bits per heavy atom. The van der Waals surface area contributed by atoms with Crippen molar-refractivity contribution in [1.82, 2.24) is 5.32 Å². The summed E-state index contributed by atoms with van der Waals surface area (Å²) in [6.07, 6.45) is 6.31. The molecule has 0 radical (unpaired) electrons. The van der Waals surface area contributed by atoms with Crippen LogP contribution in [0.4, 0.5) is 0 Å². The van der Waals surface area contributed by atoms with Crippen LogP contribution in [-0.2, 0) is 4.74 Å². The first-order valence-corrected chi connectivity index (χ1v) is 7.11. The van der Waals surface area contributed by atoms with Gasteiger partial charge in [-0.3, -0.25) is 0 Å². The summed E-state index contributed by atoms with van der Waals surface area (Å²) in [5.41, 5.74) is 0. The molecule has 3 heteroatoms. The molecular formula is C14H29NO2. The van der Waals surface area contributed by atoms with Crippen LogP contribution in [0.5, 0.6) is 0 Å². The zero-order valence-corrected chi connectivity index (χ0v) is 11.6. The topological polar surface area (TPSA) is 41.5 Å². The summed E-state index contributed by atoms with van der Waals surface area (Å²) in [7, 11) is 0. The lowest BCUT2D eigenvalue weighted by Crippen LogP contribution is -2.37. The van der Waals surface area contributed by atoms with Crippen LogP contribution >= 0.6 is 0 Å². The van der Waals surface area contributed by atoms with E-state index in [0.29, 0.717) is 19.2 Å². The normalized spacial score (nSPS) is 28.1. The molecule has 3 nitrogen and oxygen atoms in total. The molecule has 1 aliphatic carbocycles. The van der Waals surface area contributed by atoms with Crippen molar-refractivity contribution in [3.63, 3.8) is 0 Å². The second kappa shape index (κ2) is 8.06. The highest BCUT2D eigenvalue weighted by Crippen LogP contribution is 2.22. The van der Waals surface area contributed by atoms with Gasteiger partial charge in [-0.25, -0.2) is 0 Å². The Balaban J connectivity index is 2.12. The Morgan fingerprint density at radius 3 is 2.71 bits per heavy atom. The van der Waals surface area contributed by atoms with Crippen LogP contribution in [0.15, 0.2) is 0 Å². The molecule has 3 atom stereocenters. The zero-order chi connectivity index (χ0) is 12.7. The van der Waals surface area contributed by atoms with E-state index in [2.05, 4.69) is 12.2 Å². The lowest BCUT2D eigenvalue weighted by atomic mass is 10.0. The fraction of sp³-hybridized carbons (Fsp3) is 1.00. The number of nitrogens with one attached hydrogen (secondary N) is 1. The third-order valence-corrected chi connectivity index (χ3v) is 3.52. The van der Waals surface area contributed by atoms with E-state index in [4.69, 9.17) is 4.74 Å². The molecule has 17 heavy (non-hydrogen) atoms. The lowest BCUT2D eigenvalue weighted by Gasteiger charge is -2.20. The average molecular weight is 243 g/mol. The standard InChI is InChI=1S/C14H29NO2/c1-11(2)17-10-14(16)9-15-13-6-4-5-12(3)7-8-13/h11-16H,4-10H2,1-3H3. The summed E-state index contributed by atoms with van der Waals surface area (Å²) in [6, 6.07) is 0.591. The number of hydrogen-bond acceptors (Lipinski definition) is 3. The van der Waals surface area contributed by atoms with E-state index < -0.39 is 0 Å². The molecule has 0 amide bonds. The van der Waals surface area contributed by atoms with Gasteiger partial charge in [0.1, 0.15) is 0 Å². The number of ether oxygens (including phenoxy) is 1. The van der Waals surface area contributed by atoms with Crippen molar-refractivity contribution in [1.29, 1.82) is 0 Å². The second-order valence-electron chi connectivity index (χ2n) is 5.75. The molecule has 0 aromatic heterocycles. The molecule has 0 aromatic rings. The van der Waals surface area contributed by atoms with E-state index in [1.54, 1.807) is 0 Å². The Labute approximate surface area is 106 Å². The number of aliphatic hydroxyl groups is 1. The molecule has 1 fully saturated rings. The predicted octanol–water partition coefficient (Wildman–Crippen LogP) is 2.33. The summed E-state index contributed by atoms with van der Waals surface area (Å²) in [6.45, 7) is 7.42. The van der Waals surface area contributed by atoms with Crippen LogP contribution in [-0.4, -0.2) is 36.5 Å². The molecular weight excluding hydrogens is 214 g/mol. The van der Waals surface area contributed by atoms with Crippen LogP contribution in [0.1, 0.15) is 52.9 Å². The van der Waals surface area contributed by atoms with E-state index in [1.165, 1.54) is 32.1 Å². The maximum absolute atomic E-state index is 9.76. The van der Waals surface area contributed by atoms with Crippen molar-refractivity contribution in [3.8, 4) is 0 Å². The number of aliphatic hydroxyl groups excluding tert-OH is 1. The van der Waals surface area contributed by atoms with Gasteiger partial charge in [0, 0.05) is 12.6 Å². The van der Waals surface area contributed by atoms with Crippen molar-refractivity contribution in [2.75, 3.05) is 13.2 Å². The molecule has 0 aromatic carbocycles. The molecule has 102 valence electrons. The molecule has 1 rings (SSSR count). The molecule has 1 aliphatic rings. The van der Waals surface area contributed by atoms with Gasteiger partial charge in [0.15, 0.2) is 0 Å². The first kappa shape index (κ1) is 14.9. The predicted molar refractivity (Wildman–Crippen MR) is 71.1 cm³/mol.